The first-order chi connectivity index (χ1) is 7.57. The number of carbonyl (C=O) groups is 2. The number of nitrogens with one attached hydrogen (secondary N) is 1. The molecule has 5 heteroatoms. The summed E-state index contributed by atoms with van der Waals surface area (Å²) in [4.78, 5) is 25.0. The van der Waals surface area contributed by atoms with Crippen LogP contribution in [0, 0.1) is 0 Å². The summed E-state index contributed by atoms with van der Waals surface area (Å²) in [7, 11) is 0. The van der Waals surface area contributed by atoms with Gasteiger partial charge in [-0.05, 0) is 13.3 Å². The summed E-state index contributed by atoms with van der Waals surface area (Å²) in [5, 5.41) is 2.73. The molecule has 1 aliphatic heterocycles. The summed E-state index contributed by atoms with van der Waals surface area (Å²) in [5.74, 6) is -0.196. The van der Waals surface area contributed by atoms with Gasteiger partial charge < -0.3 is 16.0 Å². The monoisotopic (exact) mass is 227 g/mol. The molecule has 0 aliphatic carbocycles. The molecule has 2 amide bonds. The van der Waals surface area contributed by atoms with E-state index in [1.807, 2.05) is 0 Å². The molecule has 0 aromatic heterocycles. The van der Waals surface area contributed by atoms with Crippen molar-refractivity contribution in [3.8, 4) is 0 Å². The van der Waals surface area contributed by atoms with Crippen LogP contribution in [-0.2, 0) is 9.59 Å². The Hall–Kier alpha value is -1.10. The average molecular weight is 227 g/mol. The van der Waals surface area contributed by atoms with Gasteiger partial charge in [-0.1, -0.05) is 19.8 Å². The number of carbonyl (C=O) groups excluding carboxylic acids is 2. The zero-order valence-corrected chi connectivity index (χ0v) is 10.0. The van der Waals surface area contributed by atoms with Crippen LogP contribution in [0.3, 0.4) is 0 Å². The van der Waals surface area contributed by atoms with Gasteiger partial charge in [0.2, 0.25) is 11.8 Å². The van der Waals surface area contributed by atoms with Crippen molar-refractivity contribution < 1.29 is 9.59 Å². The third-order valence-corrected chi connectivity index (χ3v) is 2.97. The molecule has 16 heavy (non-hydrogen) atoms. The van der Waals surface area contributed by atoms with Crippen molar-refractivity contribution in [1.82, 2.24) is 10.2 Å². The number of hydrogen-bond donors (Lipinski definition) is 2. The molecular formula is C11H21N3O2. The number of rotatable bonds is 4. The van der Waals surface area contributed by atoms with Crippen LogP contribution >= 0.6 is 0 Å². The van der Waals surface area contributed by atoms with Crippen LogP contribution in [0.25, 0.3) is 0 Å². The molecule has 1 heterocycles. The fourth-order valence-electron chi connectivity index (χ4n) is 1.84. The lowest BCUT2D eigenvalue weighted by molar-refractivity contribution is -0.143. The molecule has 2 unspecified atom stereocenters. The van der Waals surface area contributed by atoms with Crippen LogP contribution in [0.1, 0.15) is 33.1 Å². The topological polar surface area (TPSA) is 75.4 Å². The van der Waals surface area contributed by atoms with Crippen molar-refractivity contribution in [3.63, 3.8) is 0 Å². The molecule has 5 nitrogen and oxygen atoms in total. The van der Waals surface area contributed by atoms with Crippen molar-refractivity contribution in [1.29, 1.82) is 0 Å². The number of hydrogen-bond acceptors (Lipinski definition) is 3. The third-order valence-electron chi connectivity index (χ3n) is 2.97. The number of nitrogens with zero attached hydrogens (tertiary/aromatic N) is 1. The minimum atomic E-state index is -0.465. The SMILES string of the molecule is CCCCC(N)C(=O)N1CCNC(=O)C1C. The molecule has 1 saturated heterocycles. The van der Waals surface area contributed by atoms with Gasteiger partial charge in [0.25, 0.3) is 0 Å². The number of unbranched alkanes of at least 4 members (excludes halogenated alkanes) is 1. The van der Waals surface area contributed by atoms with Crippen LogP contribution in [0.5, 0.6) is 0 Å². The zero-order chi connectivity index (χ0) is 12.1. The lowest BCUT2D eigenvalue weighted by Gasteiger charge is -2.34. The van der Waals surface area contributed by atoms with E-state index >= 15 is 0 Å². The van der Waals surface area contributed by atoms with Crippen LogP contribution in [0.2, 0.25) is 0 Å². The fraction of sp³-hybridized carbons (Fsp3) is 0.818. The summed E-state index contributed by atoms with van der Waals surface area (Å²) in [5.41, 5.74) is 5.82. The van der Waals surface area contributed by atoms with E-state index in [0.717, 1.165) is 12.8 Å². The molecule has 92 valence electrons. The van der Waals surface area contributed by atoms with E-state index in [9.17, 15) is 9.59 Å². The highest BCUT2D eigenvalue weighted by Gasteiger charge is 2.31. The van der Waals surface area contributed by atoms with Crippen LogP contribution < -0.4 is 11.1 Å². The van der Waals surface area contributed by atoms with Gasteiger partial charge in [-0.25, -0.2) is 0 Å². The lowest BCUT2D eigenvalue weighted by atomic mass is 10.1. The lowest BCUT2D eigenvalue weighted by Crippen LogP contribution is -2.59. The van der Waals surface area contributed by atoms with E-state index in [1.165, 1.54) is 0 Å². The minimum Gasteiger partial charge on any atom is -0.353 e. The Morgan fingerprint density at radius 1 is 1.69 bits per heavy atom. The molecule has 1 aliphatic rings. The van der Waals surface area contributed by atoms with Crippen molar-refractivity contribution in [2.75, 3.05) is 13.1 Å². The maximum Gasteiger partial charge on any atom is 0.242 e. The maximum atomic E-state index is 12.0. The van der Waals surface area contributed by atoms with Gasteiger partial charge >= 0.3 is 0 Å². The van der Waals surface area contributed by atoms with E-state index in [0.29, 0.717) is 19.5 Å². The second-order valence-corrected chi connectivity index (χ2v) is 4.25. The molecule has 1 fully saturated rings. The van der Waals surface area contributed by atoms with E-state index in [2.05, 4.69) is 12.2 Å². The normalized spacial score (nSPS) is 22.8. The van der Waals surface area contributed by atoms with Gasteiger partial charge in [-0.3, -0.25) is 9.59 Å². The Morgan fingerprint density at radius 2 is 2.38 bits per heavy atom. The predicted octanol–water partition coefficient (Wildman–Crippen LogP) is -0.149. The second-order valence-electron chi connectivity index (χ2n) is 4.25. The van der Waals surface area contributed by atoms with Gasteiger partial charge in [-0.2, -0.15) is 0 Å². The highest BCUT2D eigenvalue weighted by Crippen LogP contribution is 2.08. The molecule has 3 N–H and O–H groups in total. The zero-order valence-electron chi connectivity index (χ0n) is 10.0. The average Bonchev–Trinajstić information content (AvgIpc) is 2.28. The largest absolute Gasteiger partial charge is 0.353 e. The maximum absolute atomic E-state index is 12.0. The molecule has 0 saturated carbocycles. The van der Waals surface area contributed by atoms with Gasteiger partial charge in [0.05, 0.1) is 6.04 Å². The Labute approximate surface area is 96.4 Å². The van der Waals surface area contributed by atoms with E-state index in [1.54, 1.807) is 11.8 Å². The first-order valence-electron chi connectivity index (χ1n) is 5.91. The Bertz CT molecular complexity index is 268. The summed E-state index contributed by atoms with van der Waals surface area (Å²) in [6.45, 7) is 4.88. The molecule has 0 aromatic rings. The van der Waals surface area contributed by atoms with Crippen molar-refractivity contribution in [2.24, 2.45) is 5.73 Å². The summed E-state index contributed by atoms with van der Waals surface area (Å²) in [6, 6.07) is -0.859. The third kappa shape index (κ3) is 2.95. The molecular weight excluding hydrogens is 206 g/mol. The Balaban J connectivity index is 2.54. The number of piperazine rings is 1. The molecule has 1 rings (SSSR count). The summed E-state index contributed by atoms with van der Waals surface area (Å²) in [6.07, 6.45) is 2.67. The highest BCUT2D eigenvalue weighted by molar-refractivity contribution is 5.90. The fourth-order valence-corrected chi connectivity index (χ4v) is 1.84. The van der Waals surface area contributed by atoms with E-state index in [4.69, 9.17) is 5.73 Å². The summed E-state index contributed by atoms with van der Waals surface area (Å²) >= 11 is 0. The van der Waals surface area contributed by atoms with Crippen molar-refractivity contribution >= 4 is 11.8 Å². The van der Waals surface area contributed by atoms with E-state index in [-0.39, 0.29) is 11.8 Å². The highest BCUT2D eigenvalue weighted by atomic mass is 16.2. The molecule has 0 aromatic carbocycles. The Kier molecular flexibility index (Phi) is 4.73. The molecule has 0 spiro atoms. The van der Waals surface area contributed by atoms with E-state index < -0.39 is 12.1 Å². The summed E-state index contributed by atoms with van der Waals surface area (Å²) < 4.78 is 0. The van der Waals surface area contributed by atoms with Crippen LogP contribution in [0.15, 0.2) is 0 Å². The number of nitrogens with two attached hydrogens (primary N) is 1. The predicted molar refractivity (Wildman–Crippen MR) is 61.7 cm³/mol. The number of amides is 2. The van der Waals surface area contributed by atoms with Crippen LogP contribution in [-0.4, -0.2) is 41.9 Å². The van der Waals surface area contributed by atoms with Gasteiger partial charge in [0, 0.05) is 13.1 Å². The Morgan fingerprint density at radius 3 is 3.00 bits per heavy atom. The molecule has 2 atom stereocenters. The first kappa shape index (κ1) is 13.0. The minimum absolute atomic E-state index is 0.0951. The van der Waals surface area contributed by atoms with Crippen LogP contribution in [0.4, 0.5) is 0 Å². The quantitative estimate of drug-likeness (QED) is 0.701. The second kappa shape index (κ2) is 5.84. The van der Waals surface area contributed by atoms with Gasteiger partial charge in [-0.15, -0.1) is 0 Å². The standard InChI is InChI=1S/C11H21N3O2/c1-3-4-5-9(12)11(16)14-7-6-13-10(15)8(14)2/h8-9H,3-7,12H2,1-2H3,(H,13,15). The smallest absolute Gasteiger partial charge is 0.242 e. The van der Waals surface area contributed by atoms with Gasteiger partial charge in [0.1, 0.15) is 6.04 Å². The van der Waals surface area contributed by atoms with Crippen molar-refractivity contribution in [2.45, 2.75) is 45.2 Å². The van der Waals surface area contributed by atoms with Gasteiger partial charge in [0.15, 0.2) is 0 Å². The molecule has 0 bridgehead atoms. The van der Waals surface area contributed by atoms with Crippen molar-refractivity contribution in [3.05, 3.63) is 0 Å². The first-order valence-corrected chi connectivity index (χ1v) is 5.91. The molecule has 0 radical (unpaired) electrons.